The molecule has 1 aliphatic heterocycles. The van der Waals surface area contributed by atoms with E-state index in [1.165, 1.54) is 6.42 Å². The molecule has 4 heteroatoms. The highest BCUT2D eigenvalue weighted by atomic mass is 16.2. The number of nitrogens with zero attached hydrogens (tertiary/aromatic N) is 1. The van der Waals surface area contributed by atoms with Gasteiger partial charge in [-0.05, 0) is 50.8 Å². The third-order valence-electron chi connectivity index (χ3n) is 4.34. The minimum Gasteiger partial charge on any atom is -0.341 e. The maximum absolute atomic E-state index is 12.4. The molecule has 4 nitrogen and oxygen atoms in total. The van der Waals surface area contributed by atoms with E-state index in [4.69, 9.17) is 5.73 Å². The summed E-state index contributed by atoms with van der Waals surface area (Å²) in [5.41, 5.74) is 7.22. The Hall–Kier alpha value is -1.39. The number of likely N-dealkylation sites (tertiary alicyclic amines) is 1. The molecule has 1 saturated heterocycles. The number of amides is 1. The fourth-order valence-corrected chi connectivity index (χ4v) is 2.98. The van der Waals surface area contributed by atoms with Gasteiger partial charge in [-0.2, -0.15) is 0 Å². The molecule has 1 amide bonds. The van der Waals surface area contributed by atoms with Crippen molar-refractivity contribution in [2.45, 2.75) is 31.7 Å². The van der Waals surface area contributed by atoms with E-state index in [2.05, 4.69) is 5.32 Å². The molecule has 0 bridgehead atoms. The van der Waals surface area contributed by atoms with Gasteiger partial charge in [-0.3, -0.25) is 4.79 Å². The van der Waals surface area contributed by atoms with Crippen LogP contribution in [0.3, 0.4) is 0 Å². The van der Waals surface area contributed by atoms with Gasteiger partial charge in [0, 0.05) is 13.1 Å². The number of piperidine rings is 1. The number of nitrogens with two attached hydrogens (primary N) is 1. The van der Waals surface area contributed by atoms with E-state index in [1.54, 1.807) is 0 Å². The van der Waals surface area contributed by atoms with Gasteiger partial charge in [0.15, 0.2) is 0 Å². The summed E-state index contributed by atoms with van der Waals surface area (Å²) in [6.07, 6.45) is 4.03. The number of hydrogen-bond acceptors (Lipinski definition) is 3. The second kappa shape index (κ2) is 8.15. The van der Waals surface area contributed by atoms with Crippen molar-refractivity contribution in [3.63, 3.8) is 0 Å². The van der Waals surface area contributed by atoms with Crippen molar-refractivity contribution in [1.82, 2.24) is 10.2 Å². The molecule has 0 aromatic heterocycles. The lowest BCUT2D eigenvalue weighted by molar-refractivity contribution is -0.134. The predicted molar refractivity (Wildman–Crippen MR) is 86.0 cm³/mol. The average molecular weight is 289 g/mol. The summed E-state index contributed by atoms with van der Waals surface area (Å²) < 4.78 is 0. The van der Waals surface area contributed by atoms with Crippen LogP contribution in [0.2, 0.25) is 0 Å². The first-order chi connectivity index (χ1) is 10.2. The summed E-state index contributed by atoms with van der Waals surface area (Å²) in [6.45, 7) is 2.78. The van der Waals surface area contributed by atoms with Crippen LogP contribution in [0.25, 0.3) is 0 Å². The first-order valence-electron chi connectivity index (χ1n) is 7.93. The largest absolute Gasteiger partial charge is 0.341 e. The van der Waals surface area contributed by atoms with E-state index >= 15 is 0 Å². The molecule has 0 radical (unpaired) electrons. The minimum absolute atomic E-state index is 0.103. The standard InChI is InChI=1S/C17H27N3O/c1-19-10-7-14-8-11-20(12-9-14)17(21)16(18)13-15-5-3-2-4-6-15/h2-6,14,16,19H,7-13,18H2,1H3/t16-/m0/s1. The predicted octanol–water partition coefficient (Wildman–Crippen LogP) is 1.40. The summed E-state index contributed by atoms with van der Waals surface area (Å²) in [5.74, 6) is 0.845. The zero-order chi connectivity index (χ0) is 15.1. The Balaban J connectivity index is 1.78. The van der Waals surface area contributed by atoms with Crippen LogP contribution in [0.4, 0.5) is 0 Å². The summed E-state index contributed by atoms with van der Waals surface area (Å²) >= 11 is 0. The smallest absolute Gasteiger partial charge is 0.239 e. The van der Waals surface area contributed by atoms with Crippen molar-refractivity contribution in [3.05, 3.63) is 35.9 Å². The summed E-state index contributed by atoms with van der Waals surface area (Å²) in [7, 11) is 1.99. The van der Waals surface area contributed by atoms with Gasteiger partial charge in [-0.25, -0.2) is 0 Å². The lowest BCUT2D eigenvalue weighted by atomic mass is 9.93. The van der Waals surface area contributed by atoms with Crippen LogP contribution in [0.15, 0.2) is 30.3 Å². The van der Waals surface area contributed by atoms with E-state index in [1.807, 2.05) is 42.3 Å². The Morgan fingerprint density at radius 3 is 2.62 bits per heavy atom. The number of carbonyl (C=O) groups is 1. The first kappa shape index (κ1) is 16.0. The van der Waals surface area contributed by atoms with Crippen molar-refractivity contribution >= 4 is 5.91 Å². The van der Waals surface area contributed by atoms with E-state index in [0.717, 1.165) is 44.0 Å². The molecule has 1 aromatic carbocycles. The number of carbonyl (C=O) groups excluding carboxylic acids is 1. The molecule has 0 aliphatic carbocycles. The van der Waals surface area contributed by atoms with Gasteiger partial charge in [0.25, 0.3) is 0 Å². The highest BCUT2D eigenvalue weighted by molar-refractivity contribution is 5.82. The van der Waals surface area contributed by atoms with E-state index in [0.29, 0.717) is 6.42 Å². The van der Waals surface area contributed by atoms with Gasteiger partial charge in [-0.15, -0.1) is 0 Å². The Morgan fingerprint density at radius 2 is 2.00 bits per heavy atom. The van der Waals surface area contributed by atoms with Gasteiger partial charge in [0.05, 0.1) is 6.04 Å². The van der Waals surface area contributed by atoms with Gasteiger partial charge < -0.3 is 16.0 Å². The van der Waals surface area contributed by atoms with Crippen LogP contribution >= 0.6 is 0 Å². The molecule has 3 N–H and O–H groups in total. The van der Waals surface area contributed by atoms with Crippen LogP contribution in [0.1, 0.15) is 24.8 Å². The molecule has 1 aliphatic rings. The quantitative estimate of drug-likeness (QED) is 0.832. The third-order valence-corrected chi connectivity index (χ3v) is 4.34. The van der Waals surface area contributed by atoms with E-state index in [9.17, 15) is 4.79 Å². The molecule has 1 heterocycles. The Labute approximate surface area is 127 Å². The molecule has 0 spiro atoms. The van der Waals surface area contributed by atoms with Gasteiger partial charge >= 0.3 is 0 Å². The van der Waals surface area contributed by atoms with Gasteiger partial charge in [-0.1, -0.05) is 30.3 Å². The summed E-state index contributed by atoms with van der Waals surface area (Å²) in [5, 5.41) is 3.19. The van der Waals surface area contributed by atoms with Crippen molar-refractivity contribution in [2.24, 2.45) is 11.7 Å². The summed E-state index contributed by atoms with van der Waals surface area (Å²) in [4.78, 5) is 14.4. The van der Waals surface area contributed by atoms with Crippen molar-refractivity contribution in [2.75, 3.05) is 26.7 Å². The monoisotopic (exact) mass is 289 g/mol. The number of rotatable bonds is 6. The van der Waals surface area contributed by atoms with Gasteiger partial charge in [0.1, 0.15) is 0 Å². The topological polar surface area (TPSA) is 58.4 Å². The fraction of sp³-hybridized carbons (Fsp3) is 0.588. The lowest BCUT2D eigenvalue weighted by Crippen LogP contribution is -2.48. The second-order valence-corrected chi connectivity index (χ2v) is 5.96. The molecule has 116 valence electrons. The van der Waals surface area contributed by atoms with Crippen molar-refractivity contribution in [3.8, 4) is 0 Å². The maximum atomic E-state index is 12.4. The van der Waals surface area contributed by atoms with Crippen molar-refractivity contribution in [1.29, 1.82) is 0 Å². The molecular formula is C17H27N3O. The number of nitrogens with one attached hydrogen (secondary N) is 1. The second-order valence-electron chi connectivity index (χ2n) is 5.96. The minimum atomic E-state index is -0.416. The molecular weight excluding hydrogens is 262 g/mol. The number of benzene rings is 1. The Morgan fingerprint density at radius 1 is 1.33 bits per heavy atom. The van der Waals surface area contributed by atoms with E-state index in [-0.39, 0.29) is 5.91 Å². The fourth-order valence-electron chi connectivity index (χ4n) is 2.98. The Kier molecular flexibility index (Phi) is 6.21. The SMILES string of the molecule is CNCCC1CCN(C(=O)[C@@H](N)Cc2ccccc2)CC1. The zero-order valence-corrected chi connectivity index (χ0v) is 12.9. The summed E-state index contributed by atoms with van der Waals surface area (Å²) in [6, 6.07) is 9.59. The zero-order valence-electron chi connectivity index (χ0n) is 12.9. The molecule has 0 saturated carbocycles. The Bertz CT molecular complexity index is 427. The highest BCUT2D eigenvalue weighted by Gasteiger charge is 2.26. The van der Waals surface area contributed by atoms with Crippen LogP contribution in [-0.2, 0) is 11.2 Å². The molecule has 21 heavy (non-hydrogen) atoms. The van der Waals surface area contributed by atoms with Crippen molar-refractivity contribution < 1.29 is 4.79 Å². The lowest BCUT2D eigenvalue weighted by Gasteiger charge is -2.33. The average Bonchev–Trinajstić information content (AvgIpc) is 2.53. The van der Waals surface area contributed by atoms with Crippen LogP contribution in [-0.4, -0.2) is 43.5 Å². The number of hydrogen-bond donors (Lipinski definition) is 2. The normalized spacial score (nSPS) is 17.7. The highest BCUT2D eigenvalue weighted by Crippen LogP contribution is 2.20. The van der Waals surface area contributed by atoms with Crippen LogP contribution < -0.4 is 11.1 Å². The molecule has 1 aromatic rings. The molecule has 0 unspecified atom stereocenters. The molecule has 1 fully saturated rings. The van der Waals surface area contributed by atoms with Gasteiger partial charge in [0.2, 0.25) is 5.91 Å². The third kappa shape index (κ3) is 4.83. The maximum Gasteiger partial charge on any atom is 0.239 e. The van der Waals surface area contributed by atoms with Crippen LogP contribution in [0, 0.1) is 5.92 Å². The van der Waals surface area contributed by atoms with E-state index < -0.39 is 6.04 Å². The first-order valence-corrected chi connectivity index (χ1v) is 7.93. The molecule has 1 atom stereocenters. The van der Waals surface area contributed by atoms with Crippen LogP contribution in [0.5, 0.6) is 0 Å². The molecule has 2 rings (SSSR count).